The molecule has 2 atom stereocenters. The summed E-state index contributed by atoms with van der Waals surface area (Å²) >= 11 is 0. The Hall–Kier alpha value is -2.79. The first kappa shape index (κ1) is 32.4. The highest BCUT2D eigenvalue weighted by molar-refractivity contribution is 5.75. The highest BCUT2D eigenvalue weighted by Crippen LogP contribution is 2.13. The van der Waals surface area contributed by atoms with Crippen molar-refractivity contribution in [1.29, 1.82) is 0 Å². The zero-order valence-electron chi connectivity index (χ0n) is 24.0. The molecule has 0 aliphatic rings. The molecule has 11 nitrogen and oxygen atoms in total. The van der Waals surface area contributed by atoms with E-state index in [1.54, 1.807) is 10.9 Å². The van der Waals surface area contributed by atoms with Crippen molar-refractivity contribution >= 4 is 29.1 Å². The number of esters is 2. The second-order valence-corrected chi connectivity index (χ2v) is 10.4. The molecule has 4 N–H and O–H groups in total. The smallest absolute Gasteiger partial charge is 0.323 e. The Bertz CT molecular complexity index is 983. The first-order valence-electron chi connectivity index (χ1n) is 14.4. The number of hydrogen-bond donors (Lipinski definition) is 2. The average molecular weight is 549 g/mol. The van der Waals surface area contributed by atoms with Gasteiger partial charge in [0.15, 0.2) is 5.65 Å². The SMILES string of the molecule is CCCCCCCCCCCCCC(=O)OCC(COC(=O)[C@@H](N)C(C)C)OCn1cnc2cnc(N)nc21. The number of rotatable bonds is 21. The van der Waals surface area contributed by atoms with Gasteiger partial charge in [-0.1, -0.05) is 85.0 Å². The van der Waals surface area contributed by atoms with Gasteiger partial charge in [-0.05, 0) is 12.3 Å². The Kier molecular flexibility index (Phi) is 15.4. The van der Waals surface area contributed by atoms with Gasteiger partial charge in [0.05, 0.1) is 12.5 Å². The fraction of sp³-hybridized carbons (Fsp3) is 0.750. The molecular formula is C28H48N6O5. The third kappa shape index (κ3) is 12.7. The van der Waals surface area contributed by atoms with Gasteiger partial charge in [-0.25, -0.2) is 9.97 Å². The summed E-state index contributed by atoms with van der Waals surface area (Å²) in [7, 11) is 0. The molecule has 2 rings (SSSR count). The van der Waals surface area contributed by atoms with Gasteiger partial charge in [0.2, 0.25) is 5.95 Å². The summed E-state index contributed by atoms with van der Waals surface area (Å²) in [5.74, 6) is -0.769. The van der Waals surface area contributed by atoms with Gasteiger partial charge in [-0.15, -0.1) is 0 Å². The molecule has 0 saturated carbocycles. The van der Waals surface area contributed by atoms with Crippen LogP contribution in [0, 0.1) is 5.92 Å². The monoisotopic (exact) mass is 548 g/mol. The number of aromatic nitrogens is 4. The summed E-state index contributed by atoms with van der Waals surface area (Å²) in [6.07, 6.45) is 16.1. The van der Waals surface area contributed by atoms with E-state index in [-0.39, 0.29) is 37.8 Å². The zero-order valence-corrected chi connectivity index (χ0v) is 24.0. The van der Waals surface area contributed by atoms with Gasteiger partial charge in [0.25, 0.3) is 0 Å². The molecule has 2 heterocycles. The third-order valence-electron chi connectivity index (χ3n) is 6.64. The van der Waals surface area contributed by atoms with Gasteiger partial charge in [-0.3, -0.25) is 14.2 Å². The fourth-order valence-electron chi connectivity index (χ4n) is 4.03. The molecule has 1 unspecified atom stereocenters. The summed E-state index contributed by atoms with van der Waals surface area (Å²) in [4.78, 5) is 36.9. The van der Waals surface area contributed by atoms with Crippen LogP contribution in [0.1, 0.15) is 97.8 Å². The van der Waals surface area contributed by atoms with E-state index in [0.717, 1.165) is 19.3 Å². The number of nitrogens with zero attached hydrogens (tertiary/aromatic N) is 4. The second-order valence-electron chi connectivity index (χ2n) is 10.4. The van der Waals surface area contributed by atoms with E-state index in [4.69, 9.17) is 25.7 Å². The van der Waals surface area contributed by atoms with Crippen molar-refractivity contribution in [2.75, 3.05) is 18.9 Å². The molecular weight excluding hydrogens is 500 g/mol. The predicted molar refractivity (Wildman–Crippen MR) is 150 cm³/mol. The normalized spacial score (nSPS) is 13.1. The summed E-state index contributed by atoms with van der Waals surface area (Å²) in [5.41, 5.74) is 12.7. The quantitative estimate of drug-likeness (QED) is 0.168. The number of imidazole rings is 1. The number of anilines is 1. The van der Waals surface area contributed by atoms with Crippen LogP contribution < -0.4 is 11.5 Å². The number of unbranched alkanes of at least 4 members (excludes halogenated alkanes) is 10. The minimum Gasteiger partial charge on any atom is -0.463 e. The van der Waals surface area contributed by atoms with Crippen LogP contribution in [0.25, 0.3) is 11.2 Å². The van der Waals surface area contributed by atoms with Crippen molar-refractivity contribution in [3.63, 3.8) is 0 Å². The first-order chi connectivity index (χ1) is 18.8. The van der Waals surface area contributed by atoms with Crippen molar-refractivity contribution in [3.8, 4) is 0 Å². The van der Waals surface area contributed by atoms with Crippen LogP contribution in [-0.2, 0) is 30.5 Å². The van der Waals surface area contributed by atoms with E-state index in [2.05, 4.69) is 21.9 Å². The molecule has 0 amide bonds. The number of nitrogens with two attached hydrogens (primary N) is 2. The minimum absolute atomic E-state index is 0.0432. The first-order valence-corrected chi connectivity index (χ1v) is 14.4. The van der Waals surface area contributed by atoms with Crippen molar-refractivity contribution in [2.45, 2.75) is 117 Å². The maximum Gasteiger partial charge on any atom is 0.323 e. The molecule has 11 heteroatoms. The van der Waals surface area contributed by atoms with E-state index >= 15 is 0 Å². The second kappa shape index (κ2) is 18.5. The summed E-state index contributed by atoms with van der Waals surface area (Å²) < 4.78 is 18.4. The standard InChI is InChI=1S/C28H48N6O5/c1-4-5-6-7-8-9-10-11-12-13-14-15-24(35)37-17-22(18-38-27(36)25(29)21(2)3)39-20-34-19-32-23-16-31-28(30)33-26(23)34/h16,19,21-22,25H,4-15,17-18,20,29H2,1-3H3,(H2,30,31,33)/t22?,25-/m0/s1. The number of fused-ring (bicyclic) bond motifs is 1. The topological polar surface area (TPSA) is 157 Å². The molecule has 0 bridgehead atoms. The fourth-order valence-corrected chi connectivity index (χ4v) is 4.03. The molecule has 220 valence electrons. The van der Waals surface area contributed by atoms with Crippen LogP contribution in [0.3, 0.4) is 0 Å². The molecule has 39 heavy (non-hydrogen) atoms. The minimum atomic E-state index is -0.744. The number of carbonyl (C=O) groups is 2. The number of ether oxygens (including phenoxy) is 3. The van der Waals surface area contributed by atoms with Gasteiger partial charge in [-0.2, -0.15) is 4.98 Å². The van der Waals surface area contributed by atoms with Gasteiger partial charge in [0.1, 0.15) is 37.6 Å². The van der Waals surface area contributed by atoms with Crippen molar-refractivity contribution in [1.82, 2.24) is 19.5 Å². The Morgan fingerprint density at radius 2 is 1.54 bits per heavy atom. The molecule has 0 aromatic carbocycles. The third-order valence-corrected chi connectivity index (χ3v) is 6.64. The molecule has 0 aliphatic heterocycles. The van der Waals surface area contributed by atoms with Crippen LogP contribution in [0.5, 0.6) is 0 Å². The molecule has 2 aromatic rings. The number of hydrogen-bond acceptors (Lipinski definition) is 10. The maximum atomic E-state index is 12.3. The van der Waals surface area contributed by atoms with Crippen molar-refractivity contribution in [3.05, 3.63) is 12.5 Å². The zero-order chi connectivity index (χ0) is 28.5. The van der Waals surface area contributed by atoms with E-state index in [1.807, 2.05) is 13.8 Å². The Balaban J connectivity index is 1.74. The lowest BCUT2D eigenvalue weighted by Gasteiger charge is -2.20. The van der Waals surface area contributed by atoms with Crippen LogP contribution in [0.2, 0.25) is 0 Å². The summed E-state index contributed by atoms with van der Waals surface area (Å²) in [6.45, 7) is 5.81. The maximum absolute atomic E-state index is 12.3. The number of nitrogen functional groups attached to an aromatic ring is 1. The molecule has 0 fully saturated rings. The largest absolute Gasteiger partial charge is 0.463 e. The lowest BCUT2D eigenvalue weighted by Crippen LogP contribution is -2.39. The lowest BCUT2D eigenvalue weighted by atomic mass is 10.1. The van der Waals surface area contributed by atoms with E-state index in [1.165, 1.54) is 57.6 Å². The molecule has 0 radical (unpaired) electrons. The molecule has 0 saturated heterocycles. The lowest BCUT2D eigenvalue weighted by molar-refractivity contribution is -0.158. The van der Waals surface area contributed by atoms with Crippen LogP contribution in [0.4, 0.5) is 5.95 Å². The number of carbonyl (C=O) groups excluding carboxylic acids is 2. The van der Waals surface area contributed by atoms with E-state index in [0.29, 0.717) is 17.6 Å². The molecule has 2 aromatic heterocycles. The summed E-state index contributed by atoms with van der Waals surface area (Å²) in [6, 6.07) is -0.744. The highest BCUT2D eigenvalue weighted by atomic mass is 16.6. The molecule has 0 aliphatic carbocycles. The van der Waals surface area contributed by atoms with Gasteiger partial charge >= 0.3 is 11.9 Å². The average Bonchev–Trinajstić information content (AvgIpc) is 3.32. The van der Waals surface area contributed by atoms with Gasteiger partial charge in [0, 0.05) is 6.42 Å². The van der Waals surface area contributed by atoms with Crippen molar-refractivity contribution < 1.29 is 23.8 Å². The Labute approximate surface area is 232 Å². The van der Waals surface area contributed by atoms with E-state index < -0.39 is 18.1 Å². The summed E-state index contributed by atoms with van der Waals surface area (Å²) in [5, 5.41) is 0. The molecule has 0 spiro atoms. The van der Waals surface area contributed by atoms with Gasteiger partial charge < -0.3 is 25.7 Å². The highest BCUT2D eigenvalue weighted by Gasteiger charge is 2.22. The van der Waals surface area contributed by atoms with Crippen LogP contribution in [-0.4, -0.2) is 56.8 Å². The predicted octanol–water partition coefficient (Wildman–Crippen LogP) is 4.52. The van der Waals surface area contributed by atoms with E-state index in [9.17, 15) is 9.59 Å². The van der Waals surface area contributed by atoms with Crippen LogP contribution in [0.15, 0.2) is 12.5 Å². The Morgan fingerprint density at radius 1 is 0.923 bits per heavy atom. The van der Waals surface area contributed by atoms with Crippen molar-refractivity contribution in [2.24, 2.45) is 11.7 Å². The van der Waals surface area contributed by atoms with Crippen LogP contribution >= 0.6 is 0 Å². The Morgan fingerprint density at radius 3 is 2.18 bits per heavy atom.